The van der Waals surface area contributed by atoms with Gasteiger partial charge in [-0.3, -0.25) is 4.79 Å². The summed E-state index contributed by atoms with van der Waals surface area (Å²) in [5.41, 5.74) is 0. The topological polar surface area (TPSA) is 82.2 Å². The van der Waals surface area contributed by atoms with E-state index in [0.717, 1.165) is 16.4 Å². The summed E-state index contributed by atoms with van der Waals surface area (Å²) in [7, 11) is 1.47. The van der Waals surface area contributed by atoms with Crippen molar-refractivity contribution in [3.8, 4) is 10.7 Å². The van der Waals surface area contributed by atoms with Crippen LogP contribution in [0.4, 0.5) is 5.95 Å². The van der Waals surface area contributed by atoms with Crippen molar-refractivity contribution in [2.24, 2.45) is 0 Å². The SMILES string of the molecule is COCC(=O)n1nc(-c2cccs2)nc1NCc1ccc(C)o1. The normalized spacial score (nSPS) is 10.9. The van der Waals surface area contributed by atoms with Crippen LogP contribution in [-0.4, -0.2) is 34.4 Å². The Morgan fingerprint density at radius 3 is 2.96 bits per heavy atom. The van der Waals surface area contributed by atoms with Gasteiger partial charge >= 0.3 is 0 Å². The molecule has 3 heterocycles. The zero-order valence-electron chi connectivity index (χ0n) is 12.8. The molecule has 0 atom stereocenters. The summed E-state index contributed by atoms with van der Waals surface area (Å²) in [5, 5.41) is 9.31. The van der Waals surface area contributed by atoms with Gasteiger partial charge in [0, 0.05) is 7.11 Å². The fourth-order valence-electron chi connectivity index (χ4n) is 2.04. The molecule has 0 fully saturated rings. The van der Waals surface area contributed by atoms with Crippen molar-refractivity contribution in [1.29, 1.82) is 0 Å². The van der Waals surface area contributed by atoms with Gasteiger partial charge < -0.3 is 14.5 Å². The van der Waals surface area contributed by atoms with Gasteiger partial charge in [-0.25, -0.2) is 0 Å². The van der Waals surface area contributed by atoms with Gasteiger partial charge in [-0.05, 0) is 30.5 Å². The molecule has 0 aliphatic rings. The van der Waals surface area contributed by atoms with Crippen molar-refractivity contribution >= 4 is 23.2 Å². The van der Waals surface area contributed by atoms with Crippen LogP contribution >= 0.6 is 11.3 Å². The number of methoxy groups -OCH3 is 1. The molecule has 0 unspecified atom stereocenters. The summed E-state index contributed by atoms with van der Waals surface area (Å²) in [6.45, 7) is 2.22. The van der Waals surface area contributed by atoms with E-state index in [1.807, 2.05) is 36.6 Å². The van der Waals surface area contributed by atoms with E-state index in [9.17, 15) is 4.79 Å². The fourth-order valence-corrected chi connectivity index (χ4v) is 2.69. The van der Waals surface area contributed by atoms with E-state index in [1.54, 1.807) is 0 Å². The second kappa shape index (κ2) is 6.76. The molecule has 23 heavy (non-hydrogen) atoms. The molecule has 3 rings (SSSR count). The van der Waals surface area contributed by atoms with E-state index < -0.39 is 0 Å². The van der Waals surface area contributed by atoms with Crippen LogP contribution in [0.15, 0.2) is 34.1 Å². The first kappa shape index (κ1) is 15.4. The van der Waals surface area contributed by atoms with Gasteiger partial charge in [-0.1, -0.05) is 6.07 Å². The maximum Gasteiger partial charge on any atom is 0.276 e. The van der Waals surface area contributed by atoms with Gasteiger partial charge in [-0.2, -0.15) is 9.67 Å². The number of anilines is 1. The number of carbonyl (C=O) groups is 1. The van der Waals surface area contributed by atoms with E-state index in [2.05, 4.69) is 15.4 Å². The molecule has 3 aromatic rings. The van der Waals surface area contributed by atoms with E-state index in [1.165, 1.54) is 23.1 Å². The number of hydrogen-bond acceptors (Lipinski definition) is 7. The summed E-state index contributed by atoms with van der Waals surface area (Å²) in [6, 6.07) is 7.58. The highest BCUT2D eigenvalue weighted by molar-refractivity contribution is 7.13. The molecule has 120 valence electrons. The molecule has 3 aromatic heterocycles. The van der Waals surface area contributed by atoms with Crippen molar-refractivity contribution in [2.45, 2.75) is 13.5 Å². The summed E-state index contributed by atoms with van der Waals surface area (Å²) >= 11 is 1.51. The highest BCUT2D eigenvalue weighted by atomic mass is 32.1. The number of aryl methyl sites for hydroxylation is 1. The first-order chi connectivity index (χ1) is 11.2. The summed E-state index contributed by atoms with van der Waals surface area (Å²) < 4.78 is 11.6. The molecule has 0 saturated heterocycles. The van der Waals surface area contributed by atoms with E-state index in [4.69, 9.17) is 9.15 Å². The largest absolute Gasteiger partial charge is 0.465 e. The lowest BCUT2D eigenvalue weighted by Gasteiger charge is -2.05. The number of furan rings is 1. The van der Waals surface area contributed by atoms with Crippen LogP contribution in [0.1, 0.15) is 16.3 Å². The highest BCUT2D eigenvalue weighted by Gasteiger charge is 2.17. The van der Waals surface area contributed by atoms with Crippen molar-refractivity contribution in [3.63, 3.8) is 0 Å². The molecule has 0 aromatic carbocycles. The minimum Gasteiger partial charge on any atom is -0.465 e. The maximum atomic E-state index is 12.1. The number of thiophene rings is 1. The number of hydrogen-bond donors (Lipinski definition) is 1. The Bertz CT molecular complexity index is 792. The van der Waals surface area contributed by atoms with Crippen molar-refractivity contribution in [2.75, 3.05) is 19.0 Å². The molecule has 0 saturated carbocycles. The Balaban J connectivity index is 1.85. The first-order valence-corrected chi connectivity index (χ1v) is 7.87. The zero-order chi connectivity index (χ0) is 16.2. The van der Waals surface area contributed by atoms with Crippen LogP contribution in [0.2, 0.25) is 0 Å². The van der Waals surface area contributed by atoms with E-state index in [-0.39, 0.29) is 12.5 Å². The Morgan fingerprint density at radius 1 is 1.43 bits per heavy atom. The Kier molecular flexibility index (Phi) is 4.54. The van der Waals surface area contributed by atoms with Gasteiger partial charge in [0.1, 0.15) is 18.1 Å². The lowest BCUT2D eigenvalue weighted by molar-refractivity contribution is 0.0748. The van der Waals surface area contributed by atoms with Crippen LogP contribution in [0.3, 0.4) is 0 Å². The maximum absolute atomic E-state index is 12.1. The predicted octanol–water partition coefficient (Wildman–Crippen LogP) is 2.81. The van der Waals surface area contributed by atoms with Crippen LogP contribution in [0, 0.1) is 6.92 Å². The van der Waals surface area contributed by atoms with Gasteiger partial charge in [0.2, 0.25) is 5.95 Å². The molecule has 0 spiro atoms. The fraction of sp³-hybridized carbons (Fsp3) is 0.267. The molecule has 0 amide bonds. The summed E-state index contributed by atoms with van der Waals surface area (Å²) in [6.07, 6.45) is 0. The third-order valence-electron chi connectivity index (χ3n) is 3.07. The van der Waals surface area contributed by atoms with Gasteiger partial charge in [0.25, 0.3) is 5.91 Å². The summed E-state index contributed by atoms with van der Waals surface area (Å²) in [5.74, 6) is 2.17. The van der Waals surface area contributed by atoms with E-state index >= 15 is 0 Å². The second-order valence-corrected chi connectivity index (χ2v) is 5.79. The van der Waals surface area contributed by atoms with Gasteiger partial charge in [0.15, 0.2) is 5.82 Å². The molecule has 1 N–H and O–H groups in total. The second-order valence-electron chi connectivity index (χ2n) is 4.84. The van der Waals surface area contributed by atoms with Crippen LogP contribution in [-0.2, 0) is 11.3 Å². The third-order valence-corrected chi connectivity index (χ3v) is 3.94. The van der Waals surface area contributed by atoms with Crippen molar-refractivity contribution in [3.05, 3.63) is 41.2 Å². The Labute approximate surface area is 136 Å². The standard InChI is InChI=1S/C15H16N4O3S/c1-10-5-6-11(22-10)8-16-15-17-14(12-4-3-7-23-12)18-19(15)13(20)9-21-2/h3-7H,8-9H2,1-2H3,(H,16,17,18). The lowest BCUT2D eigenvalue weighted by atomic mass is 10.4. The van der Waals surface area contributed by atoms with Crippen LogP contribution < -0.4 is 5.32 Å². The quantitative estimate of drug-likeness (QED) is 0.747. The molecular formula is C15H16N4O3S. The molecule has 0 bridgehead atoms. The number of nitrogens with one attached hydrogen (secondary N) is 1. The predicted molar refractivity (Wildman–Crippen MR) is 86.6 cm³/mol. The average Bonchev–Trinajstić information content (AvgIpc) is 3.25. The van der Waals surface area contributed by atoms with Crippen molar-refractivity contribution in [1.82, 2.24) is 14.8 Å². The zero-order valence-corrected chi connectivity index (χ0v) is 13.6. The van der Waals surface area contributed by atoms with Crippen LogP contribution in [0.25, 0.3) is 10.7 Å². The molecule has 0 aliphatic heterocycles. The average molecular weight is 332 g/mol. The highest BCUT2D eigenvalue weighted by Crippen LogP contribution is 2.23. The smallest absolute Gasteiger partial charge is 0.276 e. The van der Waals surface area contributed by atoms with Crippen molar-refractivity contribution < 1.29 is 13.9 Å². The Hall–Kier alpha value is -2.45. The van der Waals surface area contributed by atoms with Gasteiger partial charge in [-0.15, -0.1) is 16.4 Å². The lowest BCUT2D eigenvalue weighted by Crippen LogP contribution is -2.20. The molecule has 8 heteroatoms. The number of aromatic nitrogens is 3. The molecule has 0 radical (unpaired) electrons. The molecule has 0 aliphatic carbocycles. The monoisotopic (exact) mass is 332 g/mol. The minimum absolute atomic E-state index is 0.0677. The number of ether oxygens (including phenoxy) is 1. The molecule has 7 nitrogen and oxygen atoms in total. The van der Waals surface area contributed by atoms with Gasteiger partial charge in [0.05, 0.1) is 11.4 Å². The number of carbonyl (C=O) groups excluding carboxylic acids is 1. The first-order valence-electron chi connectivity index (χ1n) is 6.99. The Morgan fingerprint density at radius 2 is 2.30 bits per heavy atom. The van der Waals surface area contributed by atoms with E-state index in [0.29, 0.717) is 18.3 Å². The minimum atomic E-state index is -0.291. The number of rotatable bonds is 6. The summed E-state index contributed by atoms with van der Waals surface area (Å²) in [4.78, 5) is 17.4. The number of nitrogens with zero attached hydrogens (tertiary/aromatic N) is 3. The van der Waals surface area contributed by atoms with Crippen LogP contribution in [0.5, 0.6) is 0 Å². The third kappa shape index (κ3) is 3.49. The molecular weight excluding hydrogens is 316 g/mol.